The zero-order valence-corrected chi connectivity index (χ0v) is 14.6. The van der Waals surface area contributed by atoms with Gasteiger partial charge in [0.1, 0.15) is 0 Å². The number of unbranched alkanes of at least 4 members (excludes halogenated alkanes) is 6. The van der Waals surface area contributed by atoms with Crippen LogP contribution >= 0.6 is 0 Å². The zero-order valence-electron chi connectivity index (χ0n) is 14.6. The molecule has 3 heteroatoms. The lowest BCUT2D eigenvalue weighted by atomic mass is 9.72. The van der Waals surface area contributed by atoms with Gasteiger partial charge in [-0.05, 0) is 31.1 Å². The van der Waals surface area contributed by atoms with Crippen LogP contribution in [0.2, 0.25) is 0 Å². The molecule has 1 aliphatic carbocycles. The van der Waals surface area contributed by atoms with Crippen LogP contribution in [-0.2, 0) is 4.79 Å². The Morgan fingerprint density at radius 2 is 1.68 bits per heavy atom. The summed E-state index contributed by atoms with van der Waals surface area (Å²) in [6.45, 7) is 2.27. The number of rotatable bonds is 12. The molecule has 0 aromatic rings. The molecule has 0 saturated heterocycles. The molecule has 0 radical (unpaired) electrons. The molecule has 1 rings (SSSR count). The van der Waals surface area contributed by atoms with Gasteiger partial charge in [-0.3, -0.25) is 4.79 Å². The second-order valence-electron chi connectivity index (χ2n) is 7.21. The van der Waals surface area contributed by atoms with Crippen molar-refractivity contribution in [3.8, 4) is 0 Å². The predicted molar refractivity (Wildman–Crippen MR) is 92.9 cm³/mol. The summed E-state index contributed by atoms with van der Waals surface area (Å²) < 4.78 is 0. The smallest absolute Gasteiger partial charge is 0.303 e. The maximum atomic E-state index is 10.5. The highest BCUT2D eigenvalue weighted by Gasteiger charge is 2.29. The summed E-state index contributed by atoms with van der Waals surface area (Å²) in [7, 11) is 0. The van der Waals surface area contributed by atoms with Crippen molar-refractivity contribution in [3.63, 3.8) is 0 Å². The summed E-state index contributed by atoms with van der Waals surface area (Å²) in [6.07, 6.45) is 16.5. The highest BCUT2D eigenvalue weighted by Crippen LogP contribution is 2.36. The molecule has 0 amide bonds. The molecule has 0 spiro atoms. The van der Waals surface area contributed by atoms with E-state index in [1.54, 1.807) is 0 Å². The summed E-state index contributed by atoms with van der Waals surface area (Å²) in [5.41, 5.74) is 6.40. The number of hydrogen-bond acceptors (Lipinski definition) is 2. The average molecular weight is 312 g/mol. The summed E-state index contributed by atoms with van der Waals surface area (Å²) >= 11 is 0. The predicted octanol–water partition coefficient (Wildman–Crippen LogP) is 5.13. The van der Waals surface area contributed by atoms with Gasteiger partial charge in [-0.2, -0.15) is 0 Å². The van der Waals surface area contributed by atoms with Gasteiger partial charge in [-0.1, -0.05) is 71.1 Å². The lowest BCUT2D eigenvalue weighted by molar-refractivity contribution is -0.137. The van der Waals surface area contributed by atoms with E-state index in [0.29, 0.717) is 12.5 Å². The lowest BCUT2D eigenvalue weighted by Gasteiger charge is -2.37. The number of aliphatic carboxylic acids is 1. The zero-order chi connectivity index (χ0) is 16.2. The third-order valence-electron chi connectivity index (χ3n) is 5.37. The van der Waals surface area contributed by atoms with E-state index in [1.807, 2.05) is 0 Å². The molecule has 1 saturated carbocycles. The van der Waals surface area contributed by atoms with E-state index in [0.717, 1.165) is 24.7 Å². The van der Waals surface area contributed by atoms with Crippen LogP contribution in [0.25, 0.3) is 0 Å². The molecule has 0 aliphatic heterocycles. The van der Waals surface area contributed by atoms with Crippen molar-refractivity contribution in [1.29, 1.82) is 0 Å². The topological polar surface area (TPSA) is 63.3 Å². The lowest BCUT2D eigenvalue weighted by Crippen LogP contribution is -2.38. The maximum Gasteiger partial charge on any atom is 0.303 e. The summed E-state index contributed by atoms with van der Waals surface area (Å²) in [5, 5.41) is 8.65. The van der Waals surface area contributed by atoms with Crippen LogP contribution in [0.5, 0.6) is 0 Å². The van der Waals surface area contributed by atoms with Crippen LogP contribution in [-0.4, -0.2) is 17.1 Å². The Morgan fingerprint density at radius 3 is 2.41 bits per heavy atom. The first-order chi connectivity index (χ1) is 10.6. The molecule has 0 heterocycles. The molecular formula is C19H37NO2. The summed E-state index contributed by atoms with van der Waals surface area (Å²) in [6, 6.07) is 0.406. The first-order valence-electron chi connectivity index (χ1n) is 9.62. The van der Waals surface area contributed by atoms with E-state index in [9.17, 15) is 4.79 Å². The van der Waals surface area contributed by atoms with Gasteiger partial charge in [0, 0.05) is 12.5 Å². The summed E-state index contributed by atoms with van der Waals surface area (Å²) in [4.78, 5) is 10.5. The van der Waals surface area contributed by atoms with Crippen molar-refractivity contribution in [2.45, 2.75) is 103 Å². The third kappa shape index (κ3) is 8.17. The van der Waals surface area contributed by atoms with Gasteiger partial charge in [-0.25, -0.2) is 0 Å². The van der Waals surface area contributed by atoms with Gasteiger partial charge in [0.25, 0.3) is 0 Å². The second kappa shape index (κ2) is 11.9. The molecule has 3 atom stereocenters. The fraction of sp³-hybridized carbons (Fsp3) is 0.947. The van der Waals surface area contributed by atoms with Gasteiger partial charge in [-0.15, -0.1) is 0 Å². The van der Waals surface area contributed by atoms with E-state index in [-0.39, 0.29) is 0 Å². The molecule has 1 aliphatic rings. The Kier molecular flexibility index (Phi) is 10.6. The Hall–Kier alpha value is -0.570. The number of carboxylic acids is 1. The molecule has 130 valence electrons. The fourth-order valence-electron chi connectivity index (χ4n) is 4.04. The molecule has 0 bridgehead atoms. The molecule has 3 N–H and O–H groups in total. The average Bonchev–Trinajstić information content (AvgIpc) is 2.49. The summed E-state index contributed by atoms with van der Waals surface area (Å²) in [5.74, 6) is 0.899. The maximum absolute atomic E-state index is 10.5. The third-order valence-corrected chi connectivity index (χ3v) is 5.37. The van der Waals surface area contributed by atoms with Crippen LogP contribution in [0.4, 0.5) is 0 Å². The number of carboxylic acid groups (broad SMARTS) is 1. The molecule has 1 fully saturated rings. The van der Waals surface area contributed by atoms with Crippen molar-refractivity contribution in [3.05, 3.63) is 0 Å². The van der Waals surface area contributed by atoms with Gasteiger partial charge in [0.05, 0.1) is 0 Å². The van der Waals surface area contributed by atoms with E-state index >= 15 is 0 Å². The molecule has 3 nitrogen and oxygen atoms in total. The van der Waals surface area contributed by atoms with E-state index in [4.69, 9.17) is 10.8 Å². The Balaban J connectivity index is 2.21. The minimum Gasteiger partial charge on any atom is -0.481 e. The van der Waals surface area contributed by atoms with Gasteiger partial charge in [0.15, 0.2) is 0 Å². The number of hydrogen-bond donors (Lipinski definition) is 2. The van der Waals surface area contributed by atoms with Crippen molar-refractivity contribution in [2.24, 2.45) is 17.6 Å². The first-order valence-corrected chi connectivity index (χ1v) is 9.62. The van der Waals surface area contributed by atoms with Crippen molar-refractivity contribution in [1.82, 2.24) is 0 Å². The van der Waals surface area contributed by atoms with E-state index in [2.05, 4.69) is 6.92 Å². The van der Waals surface area contributed by atoms with E-state index < -0.39 is 5.97 Å². The van der Waals surface area contributed by atoms with E-state index in [1.165, 1.54) is 70.6 Å². The van der Waals surface area contributed by atoms with Crippen molar-refractivity contribution in [2.75, 3.05) is 0 Å². The van der Waals surface area contributed by atoms with Crippen LogP contribution < -0.4 is 5.73 Å². The van der Waals surface area contributed by atoms with Crippen molar-refractivity contribution < 1.29 is 9.90 Å². The molecule has 3 unspecified atom stereocenters. The highest BCUT2D eigenvalue weighted by atomic mass is 16.4. The Morgan fingerprint density at radius 1 is 1.00 bits per heavy atom. The van der Waals surface area contributed by atoms with Crippen LogP contribution in [0.15, 0.2) is 0 Å². The monoisotopic (exact) mass is 311 g/mol. The normalized spacial score (nSPS) is 25.3. The van der Waals surface area contributed by atoms with Crippen LogP contribution in [0, 0.1) is 11.8 Å². The fourth-order valence-corrected chi connectivity index (χ4v) is 4.04. The standard InChI is InChI=1S/C19H37NO2/c1-2-3-4-7-11-16-12-10-14-18(20)17(16)13-8-5-6-9-15-19(21)22/h16-18H,2-15,20H2,1H3,(H,21,22). The van der Waals surface area contributed by atoms with Crippen LogP contribution in [0.1, 0.15) is 96.8 Å². The Bertz CT molecular complexity index is 293. The number of nitrogens with two attached hydrogens (primary N) is 1. The molecule has 0 aromatic carbocycles. The van der Waals surface area contributed by atoms with Gasteiger partial charge < -0.3 is 10.8 Å². The quantitative estimate of drug-likeness (QED) is 0.491. The SMILES string of the molecule is CCCCCCC1CCCC(N)C1CCCCCCC(=O)O. The highest BCUT2D eigenvalue weighted by molar-refractivity contribution is 5.66. The second-order valence-corrected chi connectivity index (χ2v) is 7.21. The molecular weight excluding hydrogens is 274 g/mol. The van der Waals surface area contributed by atoms with Gasteiger partial charge >= 0.3 is 5.97 Å². The first kappa shape index (κ1) is 19.5. The number of carbonyl (C=O) groups is 1. The van der Waals surface area contributed by atoms with Crippen LogP contribution in [0.3, 0.4) is 0 Å². The minimum absolute atomic E-state index is 0.322. The largest absolute Gasteiger partial charge is 0.481 e. The van der Waals surface area contributed by atoms with Gasteiger partial charge in [0.2, 0.25) is 0 Å². The molecule has 22 heavy (non-hydrogen) atoms. The minimum atomic E-state index is -0.665. The Labute approximate surface area is 137 Å². The molecule has 0 aromatic heterocycles. The van der Waals surface area contributed by atoms with Crippen molar-refractivity contribution >= 4 is 5.97 Å².